The molecule has 0 fully saturated rings. The maximum Gasteiger partial charge on any atom is 0.573 e. The second kappa shape index (κ2) is 7.68. The van der Waals surface area contributed by atoms with Crippen LogP contribution in [-0.2, 0) is 0 Å². The van der Waals surface area contributed by atoms with Crippen molar-refractivity contribution in [3.05, 3.63) is 52.2 Å². The summed E-state index contributed by atoms with van der Waals surface area (Å²) in [5.41, 5.74) is 0.856. The highest BCUT2D eigenvalue weighted by Crippen LogP contribution is 2.34. The molecule has 3 aromatic rings. The molecule has 12 heteroatoms. The molecular weight excluding hydrogens is 471 g/mol. The molecule has 0 aliphatic carbocycles. The number of hydrogen-bond acceptors (Lipinski definition) is 5. The summed E-state index contributed by atoms with van der Waals surface area (Å²) in [4.78, 5) is 14.7. The van der Waals surface area contributed by atoms with Crippen molar-refractivity contribution in [2.45, 2.75) is 6.36 Å². The Morgan fingerprint density at radius 2 is 1.96 bits per heavy atom. The zero-order valence-electron chi connectivity index (χ0n) is 13.4. The van der Waals surface area contributed by atoms with E-state index in [4.69, 9.17) is 16.7 Å². The van der Waals surface area contributed by atoms with Crippen molar-refractivity contribution in [1.82, 2.24) is 14.8 Å². The number of alkyl halides is 3. The van der Waals surface area contributed by atoms with Gasteiger partial charge in [0.25, 0.3) is 0 Å². The Bertz CT molecular complexity index is 1040. The second-order valence-corrected chi connectivity index (χ2v) is 6.51. The van der Waals surface area contributed by atoms with Crippen LogP contribution in [-0.4, -0.2) is 32.4 Å². The topological polar surface area (TPSA) is 86.5 Å². The number of rotatable bonds is 4. The van der Waals surface area contributed by atoms with E-state index in [9.17, 15) is 18.0 Å². The van der Waals surface area contributed by atoms with Crippen LogP contribution in [0.1, 0.15) is 0 Å². The van der Waals surface area contributed by atoms with Crippen LogP contribution < -0.4 is 9.47 Å². The summed E-state index contributed by atoms with van der Waals surface area (Å²) in [5.74, 6) is -0.758. The zero-order chi connectivity index (χ0) is 20.5. The summed E-state index contributed by atoms with van der Waals surface area (Å²) >= 11 is 9.00. The molecule has 146 valence electrons. The van der Waals surface area contributed by atoms with Crippen LogP contribution in [0.25, 0.3) is 16.9 Å². The molecule has 1 aromatic carbocycles. The number of carboxylic acid groups (broad SMARTS) is 1. The summed E-state index contributed by atoms with van der Waals surface area (Å²) in [6.07, 6.45) is -5.09. The summed E-state index contributed by atoms with van der Waals surface area (Å²) < 4.78 is 47.8. The van der Waals surface area contributed by atoms with Crippen LogP contribution in [0.3, 0.4) is 0 Å². The van der Waals surface area contributed by atoms with Gasteiger partial charge in [-0.3, -0.25) is 0 Å². The van der Waals surface area contributed by atoms with Crippen LogP contribution in [0.5, 0.6) is 11.6 Å². The lowest BCUT2D eigenvalue weighted by Crippen LogP contribution is -2.17. The van der Waals surface area contributed by atoms with Gasteiger partial charge in [-0.1, -0.05) is 27.5 Å². The van der Waals surface area contributed by atoms with Gasteiger partial charge in [0, 0.05) is 28.4 Å². The van der Waals surface area contributed by atoms with E-state index in [2.05, 4.69) is 35.5 Å². The third kappa shape index (κ3) is 4.93. The molecule has 1 N–H and O–H groups in total. The highest BCUT2D eigenvalue weighted by molar-refractivity contribution is 9.10. The number of hydrogen-bond donors (Lipinski definition) is 1. The highest BCUT2D eigenvalue weighted by Gasteiger charge is 2.31. The van der Waals surface area contributed by atoms with Gasteiger partial charge in [-0.05, 0) is 24.3 Å². The standard InChI is InChI=1S/C16H8BrClF3N3O4/c17-9-3-8(4-11(5-9)28-16(19,20)21)12-7-14(27-15(25)26)23-24(12)10-1-2-22-13(18)6-10/h1-7H,(H,25,26). The van der Waals surface area contributed by atoms with Gasteiger partial charge in [-0.15, -0.1) is 18.3 Å². The molecule has 7 nitrogen and oxygen atoms in total. The van der Waals surface area contributed by atoms with Crippen molar-refractivity contribution >= 4 is 33.7 Å². The fourth-order valence-corrected chi connectivity index (χ4v) is 2.97. The van der Waals surface area contributed by atoms with E-state index in [-0.39, 0.29) is 22.3 Å². The molecule has 0 aliphatic rings. The minimum absolute atomic E-state index is 0.134. The molecule has 28 heavy (non-hydrogen) atoms. The first-order valence-electron chi connectivity index (χ1n) is 7.30. The number of carbonyl (C=O) groups is 1. The lowest BCUT2D eigenvalue weighted by atomic mass is 10.1. The summed E-state index contributed by atoms with van der Waals surface area (Å²) in [6.45, 7) is 0. The fourth-order valence-electron chi connectivity index (χ4n) is 2.33. The van der Waals surface area contributed by atoms with Crippen LogP contribution >= 0.6 is 27.5 Å². The SMILES string of the molecule is O=C(O)Oc1cc(-c2cc(Br)cc(OC(F)(F)F)c2)n(-c2ccnc(Cl)c2)n1. The summed E-state index contributed by atoms with van der Waals surface area (Å²) in [5, 5.41) is 13.0. The van der Waals surface area contributed by atoms with Crippen LogP contribution in [0.15, 0.2) is 47.1 Å². The van der Waals surface area contributed by atoms with Crippen LogP contribution in [0, 0.1) is 0 Å². The average molecular weight is 479 g/mol. The molecule has 0 radical (unpaired) electrons. The molecule has 0 amide bonds. The van der Waals surface area contributed by atoms with E-state index in [0.29, 0.717) is 10.2 Å². The minimum atomic E-state index is -4.88. The van der Waals surface area contributed by atoms with Crippen molar-refractivity contribution in [3.8, 4) is 28.6 Å². The van der Waals surface area contributed by atoms with Crippen molar-refractivity contribution in [1.29, 1.82) is 0 Å². The van der Waals surface area contributed by atoms with Gasteiger partial charge in [0.2, 0.25) is 5.88 Å². The van der Waals surface area contributed by atoms with E-state index >= 15 is 0 Å². The molecule has 2 aromatic heterocycles. The van der Waals surface area contributed by atoms with Crippen molar-refractivity contribution in [3.63, 3.8) is 0 Å². The predicted molar refractivity (Wildman–Crippen MR) is 94.8 cm³/mol. The average Bonchev–Trinajstić information content (AvgIpc) is 2.95. The maximum atomic E-state index is 12.6. The Morgan fingerprint density at radius 3 is 2.61 bits per heavy atom. The first-order chi connectivity index (χ1) is 13.1. The summed E-state index contributed by atoms with van der Waals surface area (Å²) in [6, 6.07) is 7.98. The molecule has 0 saturated heterocycles. The van der Waals surface area contributed by atoms with Gasteiger partial charge < -0.3 is 14.6 Å². The molecule has 3 rings (SSSR count). The number of aromatic nitrogens is 3. The first kappa shape index (κ1) is 20.0. The van der Waals surface area contributed by atoms with Gasteiger partial charge in [0.05, 0.1) is 11.4 Å². The van der Waals surface area contributed by atoms with Gasteiger partial charge >= 0.3 is 12.5 Å². The molecule has 0 bridgehead atoms. The van der Waals surface area contributed by atoms with Crippen molar-refractivity contribution in [2.24, 2.45) is 0 Å². The van der Waals surface area contributed by atoms with E-state index in [1.807, 2.05) is 0 Å². The van der Waals surface area contributed by atoms with E-state index in [1.54, 1.807) is 0 Å². The number of halogens is 5. The molecule has 2 heterocycles. The van der Waals surface area contributed by atoms with E-state index < -0.39 is 18.3 Å². The second-order valence-electron chi connectivity index (χ2n) is 5.21. The Morgan fingerprint density at radius 1 is 1.21 bits per heavy atom. The monoisotopic (exact) mass is 477 g/mol. The zero-order valence-corrected chi connectivity index (χ0v) is 15.8. The van der Waals surface area contributed by atoms with Gasteiger partial charge in [0.1, 0.15) is 10.9 Å². The van der Waals surface area contributed by atoms with Gasteiger partial charge in [-0.2, -0.15) is 0 Å². The Labute approximate surface area is 168 Å². The number of nitrogens with zero attached hydrogens (tertiary/aromatic N) is 3. The number of pyridine rings is 1. The molecule has 0 atom stereocenters. The van der Waals surface area contributed by atoms with E-state index in [0.717, 1.165) is 12.1 Å². The summed E-state index contributed by atoms with van der Waals surface area (Å²) in [7, 11) is 0. The Balaban J connectivity index is 2.15. The minimum Gasteiger partial charge on any atom is -0.449 e. The number of ether oxygens (including phenoxy) is 2. The Hall–Kier alpha value is -2.79. The van der Waals surface area contributed by atoms with Crippen molar-refractivity contribution < 1.29 is 32.5 Å². The van der Waals surface area contributed by atoms with Crippen LogP contribution in [0.4, 0.5) is 18.0 Å². The highest BCUT2D eigenvalue weighted by atomic mass is 79.9. The largest absolute Gasteiger partial charge is 0.573 e. The third-order valence-electron chi connectivity index (χ3n) is 3.23. The maximum absolute atomic E-state index is 12.6. The van der Waals surface area contributed by atoms with Gasteiger partial charge in [0.15, 0.2) is 0 Å². The fraction of sp³-hybridized carbons (Fsp3) is 0.0625. The van der Waals surface area contributed by atoms with Crippen LogP contribution in [0.2, 0.25) is 5.15 Å². The molecule has 0 saturated carbocycles. The smallest absolute Gasteiger partial charge is 0.449 e. The van der Waals surface area contributed by atoms with E-state index in [1.165, 1.54) is 35.1 Å². The molecule has 0 unspecified atom stereocenters. The first-order valence-corrected chi connectivity index (χ1v) is 8.47. The van der Waals surface area contributed by atoms with Crippen molar-refractivity contribution in [2.75, 3.05) is 0 Å². The number of benzene rings is 1. The quantitative estimate of drug-likeness (QED) is 0.404. The Kier molecular flexibility index (Phi) is 5.47. The lowest BCUT2D eigenvalue weighted by Gasteiger charge is -2.12. The predicted octanol–water partition coefficient (Wildman–Crippen LogP) is 5.31. The molecule has 0 spiro atoms. The third-order valence-corrected chi connectivity index (χ3v) is 3.90. The normalized spacial score (nSPS) is 11.3. The lowest BCUT2D eigenvalue weighted by molar-refractivity contribution is -0.274. The molecule has 0 aliphatic heterocycles. The molecular formula is C16H8BrClF3N3O4. The van der Waals surface area contributed by atoms with Gasteiger partial charge in [-0.25, -0.2) is 14.5 Å².